The van der Waals surface area contributed by atoms with E-state index < -0.39 is 0 Å². The summed E-state index contributed by atoms with van der Waals surface area (Å²) >= 11 is 0. The normalized spacial score (nSPS) is 15.6. The first-order chi connectivity index (χ1) is 7.70. The molecule has 0 amide bonds. The molecule has 1 atom stereocenters. The molecule has 3 heteroatoms. The van der Waals surface area contributed by atoms with Crippen molar-refractivity contribution in [1.82, 2.24) is 0 Å². The van der Waals surface area contributed by atoms with Gasteiger partial charge in [-0.1, -0.05) is 13.0 Å². The molecular formula is C13H15FO2. The van der Waals surface area contributed by atoms with Crippen molar-refractivity contribution in [2.24, 2.45) is 5.92 Å². The van der Waals surface area contributed by atoms with Crippen molar-refractivity contribution in [3.63, 3.8) is 0 Å². The second kappa shape index (κ2) is 4.56. The first kappa shape index (κ1) is 11.0. The lowest BCUT2D eigenvalue weighted by molar-refractivity contribution is 0.170. The molecule has 0 aliphatic carbocycles. The van der Waals surface area contributed by atoms with Crippen molar-refractivity contribution in [3.05, 3.63) is 36.2 Å². The van der Waals surface area contributed by atoms with Gasteiger partial charge in [-0.3, -0.25) is 0 Å². The number of ether oxygens (including phenoxy) is 2. The highest BCUT2D eigenvalue weighted by molar-refractivity contribution is 5.44. The Balaban J connectivity index is 2.28. The van der Waals surface area contributed by atoms with E-state index >= 15 is 0 Å². The Morgan fingerprint density at radius 1 is 1.38 bits per heavy atom. The van der Waals surface area contributed by atoms with Gasteiger partial charge in [-0.25, -0.2) is 4.39 Å². The van der Waals surface area contributed by atoms with E-state index in [4.69, 9.17) is 9.47 Å². The molecule has 1 unspecified atom stereocenters. The van der Waals surface area contributed by atoms with Crippen LogP contribution < -0.4 is 9.47 Å². The SMILES string of the molecule is C=CC(C)Cc1cc2c(cc1F)OCCO2. The van der Waals surface area contributed by atoms with Crippen molar-refractivity contribution in [2.45, 2.75) is 13.3 Å². The van der Waals surface area contributed by atoms with Crippen molar-refractivity contribution in [1.29, 1.82) is 0 Å². The fourth-order valence-electron chi connectivity index (χ4n) is 1.69. The van der Waals surface area contributed by atoms with Crippen molar-refractivity contribution < 1.29 is 13.9 Å². The van der Waals surface area contributed by atoms with Crippen molar-refractivity contribution in [3.8, 4) is 11.5 Å². The first-order valence-corrected chi connectivity index (χ1v) is 5.41. The Morgan fingerprint density at radius 2 is 2.00 bits per heavy atom. The number of halogens is 1. The predicted molar refractivity (Wildman–Crippen MR) is 60.5 cm³/mol. The van der Waals surface area contributed by atoms with Crippen LogP contribution in [0.1, 0.15) is 12.5 Å². The standard InChI is InChI=1S/C13H15FO2/c1-3-9(2)6-10-7-12-13(8-11(10)14)16-5-4-15-12/h3,7-9H,1,4-6H2,2H3. The maximum absolute atomic E-state index is 13.7. The minimum Gasteiger partial charge on any atom is -0.486 e. The summed E-state index contributed by atoms with van der Waals surface area (Å²) in [6.45, 7) is 6.70. The summed E-state index contributed by atoms with van der Waals surface area (Å²) in [4.78, 5) is 0. The second-order valence-corrected chi connectivity index (χ2v) is 4.00. The largest absolute Gasteiger partial charge is 0.486 e. The summed E-state index contributed by atoms with van der Waals surface area (Å²) in [6.07, 6.45) is 2.45. The molecule has 1 aliphatic rings. The minimum atomic E-state index is -0.238. The third kappa shape index (κ3) is 2.18. The zero-order valence-corrected chi connectivity index (χ0v) is 9.33. The molecular weight excluding hydrogens is 207 g/mol. The molecule has 86 valence electrons. The van der Waals surface area contributed by atoms with E-state index in [2.05, 4.69) is 6.58 Å². The Morgan fingerprint density at radius 3 is 2.62 bits per heavy atom. The van der Waals surface area contributed by atoms with E-state index in [1.54, 1.807) is 6.07 Å². The van der Waals surface area contributed by atoms with Crippen LogP contribution in [0.3, 0.4) is 0 Å². The average molecular weight is 222 g/mol. The fourth-order valence-corrected chi connectivity index (χ4v) is 1.69. The molecule has 2 rings (SSSR count). The summed E-state index contributed by atoms with van der Waals surface area (Å²) in [5.74, 6) is 1.15. The van der Waals surface area contributed by atoms with Crippen LogP contribution in [0.15, 0.2) is 24.8 Å². The van der Waals surface area contributed by atoms with E-state index in [1.807, 2.05) is 13.0 Å². The van der Waals surface area contributed by atoms with Gasteiger partial charge in [0.15, 0.2) is 11.5 Å². The summed E-state index contributed by atoms with van der Waals surface area (Å²) in [5, 5.41) is 0. The van der Waals surface area contributed by atoms with Crippen molar-refractivity contribution in [2.75, 3.05) is 13.2 Å². The van der Waals surface area contributed by atoms with Gasteiger partial charge < -0.3 is 9.47 Å². The smallest absolute Gasteiger partial charge is 0.164 e. The van der Waals surface area contributed by atoms with Gasteiger partial charge >= 0.3 is 0 Å². The Labute approximate surface area is 94.7 Å². The van der Waals surface area contributed by atoms with Crippen LogP contribution in [0.25, 0.3) is 0 Å². The number of benzene rings is 1. The van der Waals surface area contributed by atoms with Crippen LogP contribution in [0.4, 0.5) is 4.39 Å². The van der Waals surface area contributed by atoms with Crippen LogP contribution in [-0.4, -0.2) is 13.2 Å². The number of hydrogen-bond donors (Lipinski definition) is 0. The highest BCUT2D eigenvalue weighted by Gasteiger charge is 2.16. The maximum Gasteiger partial charge on any atom is 0.164 e. The molecule has 0 bridgehead atoms. The number of allylic oxidation sites excluding steroid dienone is 1. The third-order valence-electron chi connectivity index (χ3n) is 2.66. The summed E-state index contributed by atoms with van der Waals surface area (Å²) in [6, 6.07) is 3.13. The van der Waals surface area contributed by atoms with Gasteiger partial charge in [0.25, 0.3) is 0 Å². The molecule has 1 aromatic rings. The molecule has 2 nitrogen and oxygen atoms in total. The summed E-state index contributed by atoms with van der Waals surface area (Å²) < 4.78 is 24.4. The lowest BCUT2D eigenvalue weighted by atomic mass is 10.0. The first-order valence-electron chi connectivity index (χ1n) is 5.41. The van der Waals surface area contributed by atoms with E-state index in [-0.39, 0.29) is 11.7 Å². The van der Waals surface area contributed by atoms with Crippen LogP contribution in [0, 0.1) is 11.7 Å². The van der Waals surface area contributed by atoms with E-state index in [0.717, 1.165) is 0 Å². The highest BCUT2D eigenvalue weighted by atomic mass is 19.1. The Kier molecular flexibility index (Phi) is 3.13. The molecule has 0 N–H and O–H groups in total. The van der Waals surface area contributed by atoms with E-state index in [9.17, 15) is 4.39 Å². The fraction of sp³-hybridized carbons (Fsp3) is 0.385. The quantitative estimate of drug-likeness (QED) is 0.732. The van der Waals surface area contributed by atoms with Gasteiger partial charge in [-0.2, -0.15) is 0 Å². The van der Waals surface area contributed by atoms with E-state index in [1.165, 1.54) is 6.07 Å². The van der Waals surface area contributed by atoms with Crippen molar-refractivity contribution >= 4 is 0 Å². The van der Waals surface area contributed by atoms with Gasteiger partial charge in [-0.15, -0.1) is 6.58 Å². The highest BCUT2D eigenvalue weighted by Crippen LogP contribution is 2.33. The van der Waals surface area contributed by atoms with Gasteiger partial charge in [-0.05, 0) is 24.0 Å². The summed E-state index contributed by atoms with van der Waals surface area (Å²) in [5.41, 5.74) is 0.650. The predicted octanol–water partition coefficient (Wildman–Crippen LogP) is 2.96. The molecule has 0 radical (unpaired) electrons. The van der Waals surface area contributed by atoms with Gasteiger partial charge in [0.2, 0.25) is 0 Å². The minimum absolute atomic E-state index is 0.238. The number of rotatable bonds is 3. The lowest BCUT2D eigenvalue weighted by Gasteiger charge is -2.19. The third-order valence-corrected chi connectivity index (χ3v) is 2.66. The molecule has 16 heavy (non-hydrogen) atoms. The Hall–Kier alpha value is -1.51. The lowest BCUT2D eigenvalue weighted by Crippen LogP contribution is -2.16. The molecule has 1 aromatic carbocycles. The van der Waals surface area contributed by atoms with Gasteiger partial charge in [0.05, 0.1) is 0 Å². The molecule has 0 aromatic heterocycles. The van der Waals surface area contributed by atoms with Crippen LogP contribution in [-0.2, 0) is 6.42 Å². The second-order valence-electron chi connectivity index (χ2n) is 4.00. The molecule has 0 fully saturated rings. The zero-order valence-electron chi connectivity index (χ0n) is 9.33. The Bertz CT molecular complexity index is 401. The topological polar surface area (TPSA) is 18.5 Å². The van der Waals surface area contributed by atoms with Gasteiger partial charge in [0.1, 0.15) is 19.0 Å². The van der Waals surface area contributed by atoms with Crippen LogP contribution >= 0.6 is 0 Å². The van der Waals surface area contributed by atoms with Crippen LogP contribution in [0.5, 0.6) is 11.5 Å². The zero-order chi connectivity index (χ0) is 11.5. The molecule has 1 aliphatic heterocycles. The number of hydrogen-bond acceptors (Lipinski definition) is 2. The monoisotopic (exact) mass is 222 g/mol. The molecule has 0 spiro atoms. The molecule has 0 saturated heterocycles. The number of fused-ring (bicyclic) bond motifs is 1. The van der Waals surface area contributed by atoms with Crippen LogP contribution in [0.2, 0.25) is 0 Å². The molecule has 0 saturated carbocycles. The van der Waals surface area contributed by atoms with E-state index in [0.29, 0.717) is 36.7 Å². The van der Waals surface area contributed by atoms with Gasteiger partial charge in [0, 0.05) is 6.07 Å². The molecule has 1 heterocycles. The summed E-state index contributed by atoms with van der Waals surface area (Å²) in [7, 11) is 0. The maximum atomic E-state index is 13.7. The average Bonchev–Trinajstić information content (AvgIpc) is 2.30.